The number of anilines is 2. The Labute approximate surface area is 195 Å². The molecule has 3 aromatic rings. The molecule has 34 heavy (non-hydrogen) atoms. The number of aromatic amines is 1. The minimum atomic E-state index is -0.778. The fraction of sp³-hybridized carbons (Fsp3) is 0.292. The van der Waals surface area contributed by atoms with E-state index in [1.807, 2.05) is 13.8 Å². The van der Waals surface area contributed by atoms with Gasteiger partial charge in [-0.25, -0.2) is 9.18 Å². The van der Waals surface area contributed by atoms with Crippen LogP contribution in [-0.2, 0) is 16.1 Å². The summed E-state index contributed by atoms with van der Waals surface area (Å²) in [6, 6.07) is 9.36. The fourth-order valence-corrected chi connectivity index (χ4v) is 3.39. The monoisotopic (exact) mass is 470 g/mol. The van der Waals surface area contributed by atoms with E-state index in [4.69, 9.17) is 14.9 Å². The zero-order valence-electron chi connectivity index (χ0n) is 19.2. The van der Waals surface area contributed by atoms with Crippen molar-refractivity contribution in [1.29, 1.82) is 0 Å². The van der Waals surface area contributed by atoms with E-state index >= 15 is 0 Å². The van der Waals surface area contributed by atoms with Gasteiger partial charge in [0, 0.05) is 26.3 Å². The number of methoxy groups -OCH3 is 1. The van der Waals surface area contributed by atoms with Crippen molar-refractivity contribution < 1.29 is 18.3 Å². The number of hydrogen-bond donors (Lipinski definition) is 2. The molecule has 180 valence electrons. The summed E-state index contributed by atoms with van der Waals surface area (Å²) >= 11 is 0. The van der Waals surface area contributed by atoms with Crippen LogP contribution >= 0.6 is 0 Å². The molecule has 0 radical (unpaired) electrons. The van der Waals surface area contributed by atoms with Gasteiger partial charge < -0.3 is 14.9 Å². The predicted molar refractivity (Wildman–Crippen MR) is 128 cm³/mol. The summed E-state index contributed by atoms with van der Waals surface area (Å²) in [6.45, 7) is 4.20. The normalized spacial score (nSPS) is 11.4. The van der Waals surface area contributed by atoms with Crippen molar-refractivity contribution in [1.82, 2.24) is 9.55 Å². The highest BCUT2D eigenvalue weighted by Gasteiger charge is 2.23. The largest absolute Gasteiger partial charge is 0.457 e. The second kappa shape index (κ2) is 10.8. The Morgan fingerprint density at radius 3 is 2.68 bits per heavy atom. The molecule has 0 saturated heterocycles. The molecule has 1 amide bonds. The van der Waals surface area contributed by atoms with E-state index in [1.165, 1.54) is 29.9 Å². The molecule has 3 rings (SSSR count). The van der Waals surface area contributed by atoms with Crippen molar-refractivity contribution in [2.24, 2.45) is 5.92 Å². The van der Waals surface area contributed by atoms with Crippen LogP contribution in [0, 0.1) is 11.7 Å². The third-order valence-electron chi connectivity index (χ3n) is 4.97. The molecule has 0 unspecified atom stereocenters. The molecule has 0 atom stereocenters. The number of nitrogens with two attached hydrogens (primary N) is 1. The lowest BCUT2D eigenvalue weighted by atomic mass is 10.1. The van der Waals surface area contributed by atoms with Crippen LogP contribution in [-0.4, -0.2) is 35.7 Å². The summed E-state index contributed by atoms with van der Waals surface area (Å²) in [5.74, 6) is -0.425. The molecule has 0 fully saturated rings. The average molecular weight is 471 g/mol. The van der Waals surface area contributed by atoms with E-state index in [2.05, 4.69) is 4.98 Å². The van der Waals surface area contributed by atoms with Gasteiger partial charge in [0.05, 0.1) is 12.2 Å². The van der Waals surface area contributed by atoms with Gasteiger partial charge in [0.1, 0.15) is 23.2 Å². The summed E-state index contributed by atoms with van der Waals surface area (Å²) in [6.07, 6.45) is 2.61. The van der Waals surface area contributed by atoms with Crippen LogP contribution in [0.3, 0.4) is 0 Å². The maximum absolute atomic E-state index is 14.0. The van der Waals surface area contributed by atoms with E-state index in [9.17, 15) is 18.8 Å². The van der Waals surface area contributed by atoms with Gasteiger partial charge in [-0.2, -0.15) is 0 Å². The lowest BCUT2D eigenvalue weighted by Gasteiger charge is -2.23. The lowest BCUT2D eigenvalue weighted by molar-refractivity contribution is -0.114. The predicted octanol–water partition coefficient (Wildman–Crippen LogP) is 2.87. The summed E-state index contributed by atoms with van der Waals surface area (Å²) in [4.78, 5) is 41.3. The minimum absolute atomic E-state index is 0.0193. The van der Waals surface area contributed by atoms with Gasteiger partial charge in [0.15, 0.2) is 5.69 Å². The number of benzene rings is 1. The second-order valence-corrected chi connectivity index (χ2v) is 8.00. The Kier molecular flexibility index (Phi) is 7.85. The number of nitrogens with zero attached hydrogens (tertiary/aromatic N) is 2. The van der Waals surface area contributed by atoms with Crippen LogP contribution < -0.4 is 21.9 Å². The highest BCUT2D eigenvalue weighted by molar-refractivity contribution is 6.05. The molecule has 0 spiro atoms. The number of carbonyl (C=O) groups excluding carboxylic acids is 1. The Hall–Kier alpha value is -3.92. The Morgan fingerprint density at radius 2 is 2.00 bits per heavy atom. The third-order valence-corrected chi connectivity index (χ3v) is 4.97. The zero-order chi connectivity index (χ0) is 24.8. The van der Waals surface area contributed by atoms with E-state index in [-0.39, 0.29) is 37.1 Å². The van der Waals surface area contributed by atoms with Crippen molar-refractivity contribution >= 4 is 23.5 Å². The number of H-pyrrole nitrogens is 1. The van der Waals surface area contributed by atoms with E-state index in [1.54, 1.807) is 30.3 Å². The van der Waals surface area contributed by atoms with Crippen LogP contribution in [0.5, 0.6) is 0 Å². The van der Waals surface area contributed by atoms with Crippen LogP contribution in [0.2, 0.25) is 0 Å². The number of ether oxygens (including phenoxy) is 1. The number of nitrogen functional groups attached to an aromatic ring is 1. The van der Waals surface area contributed by atoms with Gasteiger partial charge in [0.25, 0.3) is 11.5 Å². The van der Waals surface area contributed by atoms with Crippen molar-refractivity contribution in [3.63, 3.8) is 0 Å². The molecule has 2 heterocycles. The van der Waals surface area contributed by atoms with Gasteiger partial charge in [-0.1, -0.05) is 26.0 Å². The number of carbonyl (C=O) groups is 1. The summed E-state index contributed by atoms with van der Waals surface area (Å²) in [5.41, 5.74) is 4.89. The number of nitrogens with one attached hydrogen (secondary N) is 1. The molecule has 0 bridgehead atoms. The summed E-state index contributed by atoms with van der Waals surface area (Å²) < 4.78 is 25.9. The number of halogens is 1. The van der Waals surface area contributed by atoms with Crippen molar-refractivity contribution in [3.05, 3.63) is 74.9 Å². The zero-order valence-corrected chi connectivity index (χ0v) is 19.2. The van der Waals surface area contributed by atoms with Crippen molar-refractivity contribution in [3.8, 4) is 11.3 Å². The molecular formula is C24H27FN4O5. The molecule has 1 aromatic carbocycles. The highest BCUT2D eigenvalue weighted by atomic mass is 19.1. The number of aromatic nitrogens is 2. The second-order valence-electron chi connectivity index (χ2n) is 8.00. The first-order valence-electron chi connectivity index (χ1n) is 10.7. The maximum Gasteiger partial charge on any atom is 0.330 e. The molecule has 0 saturated carbocycles. The number of furan rings is 1. The Balaban J connectivity index is 1.93. The minimum Gasteiger partial charge on any atom is -0.457 e. The third kappa shape index (κ3) is 5.52. The molecular weight excluding hydrogens is 443 g/mol. The molecule has 10 heteroatoms. The average Bonchev–Trinajstić information content (AvgIpc) is 3.26. The van der Waals surface area contributed by atoms with E-state index < -0.39 is 23.0 Å². The maximum atomic E-state index is 14.0. The topological polar surface area (TPSA) is 124 Å². The Morgan fingerprint density at radius 1 is 1.26 bits per heavy atom. The first kappa shape index (κ1) is 24.7. The molecule has 9 nitrogen and oxygen atoms in total. The van der Waals surface area contributed by atoms with Crippen LogP contribution in [0.4, 0.5) is 15.9 Å². The molecule has 3 N–H and O–H groups in total. The highest BCUT2D eigenvalue weighted by Crippen LogP contribution is 2.25. The first-order chi connectivity index (χ1) is 16.2. The van der Waals surface area contributed by atoms with E-state index in [0.717, 1.165) is 4.90 Å². The van der Waals surface area contributed by atoms with Crippen molar-refractivity contribution in [2.75, 3.05) is 30.9 Å². The lowest BCUT2D eigenvalue weighted by Crippen LogP contribution is -2.42. The number of amides is 1. The van der Waals surface area contributed by atoms with Gasteiger partial charge in [-0.15, -0.1) is 0 Å². The first-order valence-corrected chi connectivity index (χ1v) is 10.7. The molecule has 0 aliphatic heterocycles. The van der Waals surface area contributed by atoms with Crippen LogP contribution in [0.15, 0.2) is 56.5 Å². The SMILES string of the molecule is COCCN(C(=O)C=Cc1ccc(-c2ccccc2F)o1)c1c(N)n(CC(C)C)c(=O)[nH]c1=O. The standard InChI is InChI=1S/C24H27FN4O5/c1-15(2)14-29-22(26)21(23(31)27-24(29)32)28(12-13-33-3)20(30)11-9-16-8-10-19(34-16)17-6-4-5-7-18(17)25/h4-11,15H,12-14,26H2,1-3H3,(H,27,31,32). The molecule has 0 aliphatic carbocycles. The van der Waals surface area contributed by atoms with E-state index in [0.29, 0.717) is 17.1 Å². The van der Waals surface area contributed by atoms with Crippen molar-refractivity contribution in [2.45, 2.75) is 20.4 Å². The molecule has 0 aliphatic rings. The van der Waals surface area contributed by atoms with Gasteiger partial charge in [0.2, 0.25) is 0 Å². The number of rotatable bonds is 9. The summed E-state index contributed by atoms with van der Waals surface area (Å²) in [7, 11) is 1.46. The Bertz CT molecular complexity index is 1310. The van der Waals surface area contributed by atoms with Gasteiger partial charge in [-0.3, -0.25) is 24.0 Å². The van der Waals surface area contributed by atoms with Crippen LogP contribution in [0.1, 0.15) is 19.6 Å². The number of hydrogen-bond acceptors (Lipinski definition) is 6. The smallest absolute Gasteiger partial charge is 0.330 e. The quantitative estimate of drug-likeness (QED) is 0.464. The van der Waals surface area contributed by atoms with Gasteiger partial charge >= 0.3 is 5.69 Å². The molecule has 2 aromatic heterocycles. The van der Waals surface area contributed by atoms with Crippen LogP contribution in [0.25, 0.3) is 17.4 Å². The fourth-order valence-electron chi connectivity index (χ4n) is 3.39. The van der Waals surface area contributed by atoms with Gasteiger partial charge in [-0.05, 0) is 36.3 Å². The summed E-state index contributed by atoms with van der Waals surface area (Å²) in [5, 5.41) is 0.